The average Bonchev–Trinajstić information content (AvgIpc) is 3.14. The Kier molecular flexibility index (Phi) is 5.92. The second-order valence-electron chi connectivity index (χ2n) is 7.25. The monoisotopic (exact) mass is 511 g/mol. The van der Waals surface area contributed by atoms with Crippen molar-refractivity contribution in [2.75, 3.05) is 5.43 Å². The Morgan fingerprint density at radius 3 is 2.64 bits per heavy atom. The summed E-state index contributed by atoms with van der Waals surface area (Å²) in [5.74, 6) is 0.262. The molecule has 0 bridgehead atoms. The molecular weight excluding hydrogens is 494 g/mol. The molecule has 2 N–H and O–H groups in total. The van der Waals surface area contributed by atoms with Gasteiger partial charge in [0.05, 0.1) is 17.2 Å². The fourth-order valence-corrected chi connectivity index (χ4v) is 3.76. The second-order valence-corrected chi connectivity index (χ2v) is 8.17. The summed E-state index contributed by atoms with van der Waals surface area (Å²) >= 11 is 3.44. The number of rotatable bonds is 6. The van der Waals surface area contributed by atoms with Crippen molar-refractivity contribution in [3.63, 3.8) is 0 Å². The molecule has 168 valence electrons. The topological polar surface area (TPSA) is 140 Å². The van der Waals surface area contributed by atoms with Gasteiger partial charge in [0, 0.05) is 23.7 Å². The molecule has 0 aliphatic heterocycles. The van der Waals surface area contributed by atoms with Crippen LogP contribution < -0.4 is 16.7 Å². The molecule has 0 amide bonds. The number of hydrogen-bond donors (Lipinski definition) is 2. The van der Waals surface area contributed by atoms with Gasteiger partial charge in [0.2, 0.25) is 5.95 Å². The first kappa shape index (κ1) is 22.1. The van der Waals surface area contributed by atoms with Crippen LogP contribution >= 0.6 is 15.9 Å². The Morgan fingerprint density at radius 1 is 1.24 bits per heavy atom. The molecule has 0 unspecified atom stereocenters. The van der Waals surface area contributed by atoms with Gasteiger partial charge in [-0.15, -0.1) is 0 Å². The number of anilines is 1. The SMILES string of the molecule is C/C(=N\Nc1nc2c(c(=O)[nH]c(=O)n2C)n1Cc1cccc(Br)c1)c1ccc([N+](=O)[O-])cc1. The summed E-state index contributed by atoms with van der Waals surface area (Å²) in [6.07, 6.45) is 0. The van der Waals surface area contributed by atoms with E-state index in [1.165, 1.54) is 23.7 Å². The second kappa shape index (κ2) is 8.82. The summed E-state index contributed by atoms with van der Waals surface area (Å²) in [6, 6.07) is 13.6. The molecule has 12 heteroatoms. The van der Waals surface area contributed by atoms with Crippen LogP contribution in [0.15, 0.2) is 67.7 Å². The summed E-state index contributed by atoms with van der Waals surface area (Å²) in [7, 11) is 1.52. The number of nitrogens with one attached hydrogen (secondary N) is 2. The first-order valence-electron chi connectivity index (χ1n) is 9.73. The first-order valence-corrected chi connectivity index (χ1v) is 10.5. The largest absolute Gasteiger partial charge is 0.329 e. The Bertz CT molecular complexity index is 1520. The minimum Gasteiger partial charge on any atom is -0.298 e. The molecule has 0 atom stereocenters. The molecule has 0 fully saturated rings. The van der Waals surface area contributed by atoms with Gasteiger partial charge in [0.15, 0.2) is 11.2 Å². The number of benzene rings is 2. The summed E-state index contributed by atoms with van der Waals surface area (Å²) in [4.78, 5) is 41.8. The van der Waals surface area contributed by atoms with Crippen molar-refractivity contribution >= 4 is 44.4 Å². The number of aryl methyl sites for hydroxylation is 1. The van der Waals surface area contributed by atoms with Crippen LogP contribution in [0.25, 0.3) is 11.2 Å². The van der Waals surface area contributed by atoms with E-state index >= 15 is 0 Å². The zero-order valence-corrected chi connectivity index (χ0v) is 19.2. The molecule has 2 aromatic heterocycles. The van der Waals surface area contributed by atoms with Gasteiger partial charge < -0.3 is 0 Å². The predicted octanol–water partition coefficient (Wildman–Crippen LogP) is 2.98. The first-order chi connectivity index (χ1) is 15.7. The van der Waals surface area contributed by atoms with Crippen LogP contribution in [0.1, 0.15) is 18.1 Å². The van der Waals surface area contributed by atoms with E-state index in [-0.39, 0.29) is 22.8 Å². The van der Waals surface area contributed by atoms with Crippen LogP contribution in [-0.2, 0) is 13.6 Å². The maximum atomic E-state index is 12.6. The quantitative estimate of drug-likeness (QED) is 0.231. The van der Waals surface area contributed by atoms with Crippen LogP contribution in [0.2, 0.25) is 0 Å². The highest BCUT2D eigenvalue weighted by molar-refractivity contribution is 9.10. The molecule has 2 heterocycles. The lowest BCUT2D eigenvalue weighted by atomic mass is 10.1. The Balaban J connectivity index is 1.77. The summed E-state index contributed by atoms with van der Waals surface area (Å²) in [5, 5.41) is 15.2. The molecule has 0 aliphatic rings. The third-order valence-electron chi connectivity index (χ3n) is 5.06. The van der Waals surface area contributed by atoms with Gasteiger partial charge >= 0.3 is 5.69 Å². The van der Waals surface area contributed by atoms with Crippen molar-refractivity contribution in [3.05, 3.63) is 95.1 Å². The van der Waals surface area contributed by atoms with Gasteiger partial charge in [-0.25, -0.2) is 10.2 Å². The van der Waals surface area contributed by atoms with Crippen molar-refractivity contribution in [1.29, 1.82) is 0 Å². The fourth-order valence-electron chi connectivity index (χ4n) is 3.31. The summed E-state index contributed by atoms with van der Waals surface area (Å²) in [6.45, 7) is 2.03. The number of aromatic nitrogens is 4. The van der Waals surface area contributed by atoms with Crippen LogP contribution in [-0.4, -0.2) is 29.7 Å². The Labute approximate surface area is 194 Å². The lowest BCUT2D eigenvalue weighted by Gasteiger charge is -2.09. The van der Waals surface area contributed by atoms with E-state index in [0.29, 0.717) is 17.8 Å². The number of fused-ring (bicyclic) bond motifs is 1. The number of aromatic amines is 1. The maximum absolute atomic E-state index is 12.6. The van der Waals surface area contributed by atoms with Crippen LogP contribution in [0, 0.1) is 10.1 Å². The third kappa shape index (κ3) is 4.46. The van der Waals surface area contributed by atoms with Crippen molar-refractivity contribution in [2.45, 2.75) is 13.5 Å². The van der Waals surface area contributed by atoms with Gasteiger partial charge in [-0.2, -0.15) is 10.1 Å². The Hall–Kier alpha value is -4.06. The standard InChI is InChI=1S/C21H18BrN7O4/c1-12(14-6-8-16(9-7-14)29(32)33)25-26-20-23-18-17(19(30)24-21(31)27(18)2)28(20)11-13-4-3-5-15(22)10-13/h3-10H,11H2,1-2H3,(H,23,26)(H,24,30,31)/b25-12+. The molecule has 0 saturated heterocycles. The van der Waals surface area contributed by atoms with Crippen LogP contribution in [0.3, 0.4) is 0 Å². The minimum atomic E-state index is -0.572. The number of H-pyrrole nitrogens is 1. The maximum Gasteiger partial charge on any atom is 0.329 e. The number of hydrogen-bond acceptors (Lipinski definition) is 7. The molecule has 0 saturated carbocycles. The van der Waals surface area contributed by atoms with Gasteiger partial charge in [0.25, 0.3) is 11.2 Å². The number of nitrogens with zero attached hydrogens (tertiary/aromatic N) is 5. The number of non-ortho nitro benzene ring substituents is 1. The van der Waals surface area contributed by atoms with Crippen molar-refractivity contribution in [1.82, 2.24) is 19.1 Å². The lowest BCUT2D eigenvalue weighted by Crippen LogP contribution is -2.29. The summed E-state index contributed by atoms with van der Waals surface area (Å²) in [5.41, 5.74) is 4.29. The van der Waals surface area contributed by atoms with Crippen molar-refractivity contribution < 1.29 is 4.92 Å². The normalized spacial score (nSPS) is 11.7. The summed E-state index contributed by atoms with van der Waals surface area (Å²) < 4.78 is 3.78. The highest BCUT2D eigenvalue weighted by Gasteiger charge is 2.18. The highest BCUT2D eigenvalue weighted by atomic mass is 79.9. The third-order valence-corrected chi connectivity index (χ3v) is 5.55. The van der Waals surface area contributed by atoms with E-state index in [9.17, 15) is 19.7 Å². The van der Waals surface area contributed by atoms with E-state index < -0.39 is 16.2 Å². The number of hydrazone groups is 1. The van der Waals surface area contributed by atoms with Crippen molar-refractivity contribution in [2.24, 2.45) is 12.1 Å². The number of imidazole rings is 1. The highest BCUT2D eigenvalue weighted by Crippen LogP contribution is 2.20. The Morgan fingerprint density at radius 2 is 1.97 bits per heavy atom. The number of nitro benzene ring substituents is 1. The van der Waals surface area contributed by atoms with Gasteiger partial charge in [-0.3, -0.25) is 29.0 Å². The number of halogens is 1. The molecule has 4 rings (SSSR count). The molecule has 4 aromatic rings. The lowest BCUT2D eigenvalue weighted by molar-refractivity contribution is -0.384. The van der Waals surface area contributed by atoms with E-state index in [4.69, 9.17) is 0 Å². The van der Waals surface area contributed by atoms with Crippen LogP contribution in [0.4, 0.5) is 11.6 Å². The zero-order chi connectivity index (χ0) is 23.7. The van der Waals surface area contributed by atoms with E-state index in [1.807, 2.05) is 24.3 Å². The molecule has 11 nitrogen and oxygen atoms in total. The zero-order valence-electron chi connectivity index (χ0n) is 17.6. The molecule has 0 spiro atoms. The smallest absolute Gasteiger partial charge is 0.298 e. The minimum absolute atomic E-state index is 0.0181. The fraction of sp³-hybridized carbons (Fsp3) is 0.143. The van der Waals surface area contributed by atoms with E-state index in [0.717, 1.165) is 10.0 Å². The van der Waals surface area contributed by atoms with E-state index in [2.05, 4.69) is 36.4 Å². The molecule has 0 radical (unpaired) electrons. The van der Waals surface area contributed by atoms with Crippen LogP contribution in [0.5, 0.6) is 0 Å². The van der Waals surface area contributed by atoms with Crippen molar-refractivity contribution in [3.8, 4) is 0 Å². The molecule has 0 aliphatic carbocycles. The predicted molar refractivity (Wildman–Crippen MR) is 128 cm³/mol. The average molecular weight is 512 g/mol. The van der Waals surface area contributed by atoms with Gasteiger partial charge in [0.1, 0.15) is 0 Å². The molecule has 33 heavy (non-hydrogen) atoms. The van der Waals surface area contributed by atoms with Gasteiger partial charge in [-0.1, -0.05) is 28.1 Å². The van der Waals surface area contributed by atoms with E-state index in [1.54, 1.807) is 23.6 Å². The molecular formula is C21H18BrN7O4. The van der Waals surface area contributed by atoms with Gasteiger partial charge in [-0.05, 0) is 42.3 Å². The molecule has 2 aromatic carbocycles. The number of nitro groups is 1.